The molecule has 1 aromatic rings. The molecule has 6 nitrogen and oxygen atoms in total. The Morgan fingerprint density at radius 3 is 2.52 bits per heavy atom. The number of piperidine rings is 1. The van der Waals surface area contributed by atoms with Gasteiger partial charge in [0, 0.05) is 33.2 Å². The van der Waals surface area contributed by atoms with Crippen LogP contribution in [0, 0.1) is 0 Å². The van der Waals surface area contributed by atoms with E-state index in [0.717, 1.165) is 19.3 Å². The smallest absolute Gasteiger partial charge is 0.356 e. The number of sulfonamides is 1. The average Bonchev–Trinajstić information content (AvgIpc) is 2.64. The highest BCUT2D eigenvalue weighted by Gasteiger charge is 2.27. The molecule has 0 amide bonds. The highest BCUT2D eigenvalue weighted by molar-refractivity contribution is 7.89. The van der Waals surface area contributed by atoms with Crippen molar-refractivity contribution in [2.45, 2.75) is 43.3 Å². The second kappa shape index (κ2) is 9.41. The van der Waals surface area contributed by atoms with Gasteiger partial charge in [-0.05, 0) is 30.5 Å². The summed E-state index contributed by atoms with van der Waals surface area (Å²) in [6.45, 7) is 1.02. The van der Waals surface area contributed by atoms with E-state index in [-0.39, 0.29) is 23.9 Å². The summed E-state index contributed by atoms with van der Waals surface area (Å²) in [7, 11) is -2.07. The van der Waals surface area contributed by atoms with Gasteiger partial charge in [-0.25, -0.2) is 8.42 Å². The normalized spacial score (nSPS) is 17.0. The van der Waals surface area contributed by atoms with Crippen molar-refractivity contribution in [3.63, 3.8) is 0 Å². The molecule has 152 valence electrons. The van der Waals surface area contributed by atoms with Crippen LogP contribution >= 0.6 is 0 Å². The molecule has 0 aliphatic carbocycles. The van der Waals surface area contributed by atoms with Crippen LogP contribution in [0.1, 0.15) is 31.2 Å². The van der Waals surface area contributed by atoms with Crippen molar-refractivity contribution in [3.05, 3.63) is 29.8 Å². The predicted molar refractivity (Wildman–Crippen MR) is 97.9 cm³/mol. The van der Waals surface area contributed by atoms with Gasteiger partial charge in [0.25, 0.3) is 0 Å². The lowest BCUT2D eigenvalue weighted by Crippen LogP contribution is -2.38. The van der Waals surface area contributed by atoms with E-state index in [9.17, 15) is 21.6 Å². The number of aliphatic imine (C=N–C) groups is 1. The summed E-state index contributed by atoms with van der Waals surface area (Å²) in [5.41, 5.74) is 0.701. The van der Waals surface area contributed by atoms with E-state index >= 15 is 0 Å². The molecule has 10 heteroatoms. The van der Waals surface area contributed by atoms with Crippen molar-refractivity contribution < 1.29 is 21.6 Å². The molecule has 1 heterocycles. The average molecular weight is 406 g/mol. The number of hydrogen-bond donors (Lipinski definition) is 2. The van der Waals surface area contributed by atoms with E-state index < -0.39 is 22.6 Å². The van der Waals surface area contributed by atoms with Gasteiger partial charge in [-0.3, -0.25) is 4.99 Å². The number of alkyl halides is 3. The fourth-order valence-corrected chi connectivity index (χ4v) is 4.39. The minimum Gasteiger partial charge on any atom is -0.356 e. The first-order valence-electron chi connectivity index (χ1n) is 8.83. The lowest BCUT2D eigenvalue weighted by molar-refractivity contribution is -0.132. The lowest BCUT2D eigenvalue weighted by Gasteiger charge is -2.26. The predicted octanol–water partition coefficient (Wildman–Crippen LogP) is 2.48. The summed E-state index contributed by atoms with van der Waals surface area (Å²) in [6, 6.07) is 6.56. The molecule has 0 unspecified atom stereocenters. The zero-order valence-electron chi connectivity index (χ0n) is 15.2. The van der Waals surface area contributed by atoms with Crippen LogP contribution < -0.4 is 10.6 Å². The molecule has 1 aliphatic heterocycles. The number of rotatable bonds is 6. The number of nitrogens with zero attached hydrogens (tertiary/aromatic N) is 2. The van der Waals surface area contributed by atoms with Crippen molar-refractivity contribution in [2.75, 3.05) is 26.7 Å². The van der Waals surface area contributed by atoms with Gasteiger partial charge in [-0.15, -0.1) is 0 Å². The molecule has 0 saturated carbocycles. The Morgan fingerprint density at radius 1 is 1.19 bits per heavy atom. The fourth-order valence-electron chi connectivity index (χ4n) is 2.80. The van der Waals surface area contributed by atoms with Gasteiger partial charge >= 0.3 is 6.18 Å². The van der Waals surface area contributed by atoms with Crippen LogP contribution in [0.3, 0.4) is 0 Å². The molecule has 0 aromatic heterocycles. The summed E-state index contributed by atoms with van der Waals surface area (Å²) in [6.07, 6.45) is -2.43. The topological polar surface area (TPSA) is 73.8 Å². The highest BCUT2D eigenvalue weighted by atomic mass is 32.2. The third-order valence-electron chi connectivity index (χ3n) is 4.24. The van der Waals surface area contributed by atoms with Crippen LogP contribution in [0.15, 0.2) is 34.2 Å². The third-order valence-corrected chi connectivity index (χ3v) is 6.13. The van der Waals surface area contributed by atoms with E-state index in [2.05, 4.69) is 15.6 Å². The molecule has 2 N–H and O–H groups in total. The molecule has 0 bridgehead atoms. The number of hydrogen-bond acceptors (Lipinski definition) is 3. The molecular formula is C17H25F3N4O2S. The van der Waals surface area contributed by atoms with Gasteiger partial charge in [0.2, 0.25) is 10.0 Å². The van der Waals surface area contributed by atoms with Gasteiger partial charge in [0.15, 0.2) is 5.96 Å². The van der Waals surface area contributed by atoms with E-state index in [0.29, 0.717) is 18.7 Å². The second-order valence-corrected chi connectivity index (χ2v) is 8.27. The fraction of sp³-hybridized carbons (Fsp3) is 0.588. The summed E-state index contributed by atoms with van der Waals surface area (Å²) in [4.78, 5) is 4.09. The zero-order valence-corrected chi connectivity index (χ0v) is 16.0. The van der Waals surface area contributed by atoms with Gasteiger partial charge in [0.05, 0.1) is 11.3 Å². The van der Waals surface area contributed by atoms with Crippen LogP contribution in [-0.2, 0) is 16.6 Å². The Kier molecular flexibility index (Phi) is 7.49. The Labute approximate surface area is 157 Å². The summed E-state index contributed by atoms with van der Waals surface area (Å²) >= 11 is 0. The van der Waals surface area contributed by atoms with Crippen LogP contribution in [0.2, 0.25) is 0 Å². The molecule has 0 spiro atoms. The lowest BCUT2D eigenvalue weighted by atomic mass is 10.2. The quantitative estimate of drug-likeness (QED) is 0.562. The van der Waals surface area contributed by atoms with Gasteiger partial charge in [-0.2, -0.15) is 17.5 Å². The minimum absolute atomic E-state index is 0.226. The summed E-state index contributed by atoms with van der Waals surface area (Å²) < 4.78 is 63.6. The van der Waals surface area contributed by atoms with E-state index in [1.54, 1.807) is 24.3 Å². The highest BCUT2D eigenvalue weighted by Crippen LogP contribution is 2.21. The zero-order chi connectivity index (χ0) is 19.9. The molecule has 1 fully saturated rings. The first-order valence-corrected chi connectivity index (χ1v) is 10.3. The molecular weight excluding hydrogens is 381 g/mol. The van der Waals surface area contributed by atoms with Gasteiger partial charge < -0.3 is 10.6 Å². The van der Waals surface area contributed by atoms with E-state index in [4.69, 9.17) is 0 Å². The van der Waals surface area contributed by atoms with Crippen molar-refractivity contribution in [3.8, 4) is 0 Å². The molecule has 27 heavy (non-hydrogen) atoms. The first kappa shape index (κ1) is 21.5. The Hall–Kier alpha value is -1.81. The number of benzene rings is 1. The van der Waals surface area contributed by atoms with Gasteiger partial charge in [0.1, 0.15) is 0 Å². The summed E-state index contributed by atoms with van der Waals surface area (Å²) in [5, 5.41) is 5.48. The number of nitrogens with one attached hydrogen (secondary N) is 2. The van der Waals surface area contributed by atoms with Crippen LogP contribution in [0.25, 0.3) is 0 Å². The molecule has 0 atom stereocenters. The molecule has 1 aromatic carbocycles. The standard InChI is InChI=1S/C17H25F3N4O2S/c1-21-16(22-9-8-17(18,19)20)23-13-14-6-5-7-15(12-14)27(25,26)24-10-3-2-4-11-24/h5-7,12H,2-4,8-11,13H2,1H3,(H2,21,22,23). The number of guanidine groups is 1. The largest absolute Gasteiger partial charge is 0.390 e. The van der Waals surface area contributed by atoms with E-state index in [1.165, 1.54) is 11.4 Å². The van der Waals surface area contributed by atoms with Crippen molar-refractivity contribution >= 4 is 16.0 Å². The second-order valence-electron chi connectivity index (χ2n) is 6.33. The van der Waals surface area contributed by atoms with Crippen molar-refractivity contribution in [1.29, 1.82) is 0 Å². The van der Waals surface area contributed by atoms with Crippen LogP contribution in [0.5, 0.6) is 0 Å². The maximum Gasteiger partial charge on any atom is 0.390 e. The summed E-state index contributed by atoms with van der Waals surface area (Å²) in [5.74, 6) is 0.226. The third kappa shape index (κ3) is 6.69. The first-order chi connectivity index (χ1) is 12.7. The van der Waals surface area contributed by atoms with Crippen LogP contribution in [-0.4, -0.2) is 51.5 Å². The Bertz CT molecular complexity index is 745. The Balaban J connectivity index is 1.96. The van der Waals surface area contributed by atoms with Crippen molar-refractivity contribution in [1.82, 2.24) is 14.9 Å². The molecule has 0 radical (unpaired) electrons. The minimum atomic E-state index is -4.23. The monoisotopic (exact) mass is 406 g/mol. The SMILES string of the molecule is CN=C(NCCC(F)(F)F)NCc1cccc(S(=O)(=O)N2CCCCC2)c1. The molecule has 1 aliphatic rings. The Morgan fingerprint density at radius 2 is 1.89 bits per heavy atom. The maximum absolute atomic E-state index is 12.7. The van der Waals surface area contributed by atoms with Crippen molar-refractivity contribution in [2.24, 2.45) is 4.99 Å². The number of halogens is 3. The molecule has 1 saturated heterocycles. The van der Waals surface area contributed by atoms with Crippen LogP contribution in [0.4, 0.5) is 13.2 Å². The van der Waals surface area contributed by atoms with E-state index in [1.807, 2.05) is 0 Å². The van der Waals surface area contributed by atoms with Gasteiger partial charge in [-0.1, -0.05) is 18.6 Å². The molecule has 2 rings (SSSR count). The maximum atomic E-state index is 12.7.